The molecule has 0 aromatic heterocycles. The molecule has 0 aliphatic heterocycles. The zero-order valence-corrected chi connectivity index (χ0v) is 4.51. The Balaban J connectivity index is 0. The van der Waals surface area contributed by atoms with Crippen molar-refractivity contribution in [3.05, 3.63) is 0 Å². The third-order valence-corrected chi connectivity index (χ3v) is 0. The molecule has 0 unspecified atom stereocenters. The van der Waals surface area contributed by atoms with Gasteiger partial charge in [-0.3, -0.25) is 0 Å². The Bertz CT molecular complexity index is 7.51. The fourth-order valence-electron chi connectivity index (χ4n) is 0. The van der Waals surface area contributed by atoms with Crippen LogP contribution >= 0.6 is 0 Å². The van der Waals surface area contributed by atoms with Crippen LogP contribution in [0.15, 0.2) is 0 Å². The standard InChI is InChI=1S/Mn.H3N.4H2O/h;1H3;4*1H2. The van der Waals surface area contributed by atoms with Gasteiger partial charge in [0.15, 0.2) is 0 Å². The molecule has 0 spiro atoms. The summed E-state index contributed by atoms with van der Waals surface area (Å²) in [5.74, 6) is 0. The summed E-state index contributed by atoms with van der Waals surface area (Å²) in [6.45, 7) is 0. The quantitative estimate of drug-likeness (QED) is 0.372. The van der Waals surface area contributed by atoms with Gasteiger partial charge in [0.05, 0.1) is 0 Å². The second kappa shape index (κ2) is 972. The van der Waals surface area contributed by atoms with Crippen molar-refractivity contribution < 1.29 is 39.0 Å². The molecule has 0 aliphatic rings. The van der Waals surface area contributed by atoms with Gasteiger partial charge >= 0.3 is 0 Å². The Morgan fingerprint density at radius 2 is 0.667 bits per heavy atom. The van der Waals surface area contributed by atoms with Crippen LogP contribution < -0.4 is 6.15 Å². The van der Waals surface area contributed by atoms with Gasteiger partial charge in [-0.1, -0.05) is 0 Å². The summed E-state index contributed by atoms with van der Waals surface area (Å²) in [6, 6.07) is 0. The minimum Gasteiger partial charge on any atom is -0.870 e. The molecule has 0 amide bonds. The Hall–Kier alpha value is 0.319. The smallest absolute Gasteiger partial charge is 0 e. The van der Waals surface area contributed by atoms with E-state index in [1.54, 1.807) is 0 Å². The topological polar surface area (TPSA) is 161 Å². The molecule has 0 atom stereocenters. The third kappa shape index (κ3) is 466. The van der Waals surface area contributed by atoms with Gasteiger partial charge in [-0.05, 0) is 0 Å². The summed E-state index contributed by atoms with van der Waals surface area (Å²) in [5, 5.41) is 0. The third-order valence-electron chi connectivity index (χ3n) is 0. The zero-order valence-electron chi connectivity index (χ0n) is 3.33. The van der Waals surface area contributed by atoms with Crippen molar-refractivity contribution in [2.75, 3.05) is 0 Å². The van der Waals surface area contributed by atoms with E-state index in [0.717, 1.165) is 0 Å². The minimum atomic E-state index is 0. The van der Waals surface area contributed by atoms with Crippen LogP contribution in [-0.4, -0.2) is 21.9 Å². The molecule has 47 valence electrons. The van der Waals surface area contributed by atoms with Crippen LogP contribution in [0.4, 0.5) is 0 Å². The summed E-state index contributed by atoms with van der Waals surface area (Å²) in [6.07, 6.45) is 0. The van der Waals surface area contributed by atoms with E-state index in [-0.39, 0.29) is 45.1 Å². The molecule has 6 heavy (non-hydrogen) atoms. The molecule has 1 radical (unpaired) electrons. The van der Waals surface area contributed by atoms with E-state index >= 15 is 0 Å². The fourth-order valence-corrected chi connectivity index (χ4v) is 0. The second-order valence-corrected chi connectivity index (χ2v) is 0. The van der Waals surface area contributed by atoms with Gasteiger partial charge in [0.1, 0.15) is 0 Å². The van der Waals surface area contributed by atoms with Gasteiger partial charge in [-0.15, -0.1) is 0 Å². The Labute approximate surface area is 46.0 Å². The van der Waals surface area contributed by atoms with E-state index in [9.17, 15) is 0 Å². The first kappa shape index (κ1) is 1750. The van der Waals surface area contributed by atoms with Crippen molar-refractivity contribution in [1.82, 2.24) is 6.15 Å². The van der Waals surface area contributed by atoms with Gasteiger partial charge in [0.25, 0.3) is 0 Å². The Kier molecular flexibility index (Phi) is 284000. The van der Waals surface area contributed by atoms with Crippen molar-refractivity contribution in [3.63, 3.8) is 0 Å². The first-order chi connectivity index (χ1) is 0. The molecule has 0 bridgehead atoms. The molecule has 6 heteroatoms. The van der Waals surface area contributed by atoms with Crippen molar-refractivity contribution in [1.29, 1.82) is 0 Å². The van der Waals surface area contributed by atoms with Crippen LogP contribution in [0.5, 0.6) is 0 Å². The van der Waals surface area contributed by atoms with E-state index < -0.39 is 0 Å². The van der Waals surface area contributed by atoms with E-state index in [4.69, 9.17) is 0 Å². The molecule has 0 saturated carbocycles. The summed E-state index contributed by atoms with van der Waals surface area (Å²) in [4.78, 5) is 0. The number of rotatable bonds is 0. The predicted molar refractivity (Wildman–Crippen MR) is 18.8 cm³/mol. The van der Waals surface area contributed by atoms with E-state index in [1.165, 1.54) is 0 Å². The van der Waals surface area contributed by atoms with Gasteiger partial charge in [-0.2, -0.15) is 0 Å². The van der Waals surface area contributed by atoms with Gasteiger partial charge in [-0.25, -0.2) is 0 Å². The van der Waals surface area contributed by atoms with E-state index in [2.05, 4.69) is 0 Å². The van der Waals surface area contributed by atoms with Crippen molar-refractivity contribution in [2.45, 2.75) is 0 Å². The average molecular weight is 144 g/mol. The monoisotopic (exact) mass is 144 g/mol. The molecule has 0 aromatic rings. The largest absolute Gasteiger partial charge is 0.870 e. The molecule has 5 nitrogen and oxygen atoms in total. The van der Waals surface area contributed by atoms with Crippen LogP contribution in [0.1, 0.15) is 0 Å². The molecule has 0 heterocycles. The first-order valence-electron chi connectivity index (χ1n) is 0. The van der Waals surface area contributed by atoms with Crippen LogP contribution in [0, 0.1) is 0 Å². The summed E-state index contributed by atoms with van der Waals surface area (Å²) >= 11 is 0. The molecule has 0 aliphatic carbocycles. The van der Waals surface area contributed by atoms with Crippen LogP contribution in [0.2, 0.25) is 0 Å². The second-order valence-electron chi connectivity index (χ2n) is 0. The average Bonchev–Trinajstić information content (AvgIpc) is 0. The van der Waals surface area contributed by atoms with E-state index in [1.807, 2.05) is 0 Å². The molecular weight excluding hydrogens is 133 g/mol. The Morgan fingerprint density at radius 3 is 0.667 bits per heavy atom. The van der Waals surface area contributed by atoms with Crippen LogP contribution in [0.3, 0.4) is 0 Å². The molecule has 11 N–H and O–H groups in total. The molecule has 0 aromatic carbocycles. The summed E-state index contributed by atoms with van der Waals surface area (Å²) < 4.78 is 0. The van der Waals surface area contributed by atoms with E-state index in [0.29, 0.717) is 0 Å². The number of hydrogen-bond donors (Lipinski definition) is 1. The van der Waals surface area contributed by atoms with Crippen LogP contribution in [-0.2, 0) is 17.1 Å². The molecular formula is H11MnNO4. The predicted octanol–water partition coefficient (Wildman–Crippen LogP) is -2.28. The summed E-state index contributed by atoms with van der Waals surface area (Å²) in [5.41, 5.74) is 0. The Morgan fingerprint density at radius 1 is 0.667 bits per heavy atom. The summed E-state index contributed by atoms with van der Waals surface area (Å²) in [7, 11) is 0. The molecule has 0 rings (SSSR count). The maximum absolute atomic E-state index is 0. The minimum absolute atomic E-state index is 0. The van der Waals surface area contributed by atoms with Crippen molar-refractivity contribution in [3.8, 4) is 0 Å². The van der Waals surface area contributed by atoms with Gasteiger partial charge < -0.3 is 28.1 Å². The normalized spacial score (nSPS) is 0. The molecule has 0 fully saturated rings. The van der Waals surface area contributed by atoms with Crippen molar-refractivity contribution >= 4 is 0 Å². The number of hydrogen-bond acceptors (Lipinski definition) is 1. The zero-order chi connectivity index (χ0) is 0. The van der Waals surface area contributed by atoms with Crippen molar-refractivity contribution in [2.24, 2.45) is 0 Å². The number of quaternary nitrogens is 1. The van der Waals surface area contributed by atoms with Crippen LogP contribution in [0.25, 0.3) is 0 Å². The SMILES string of the molecule is O.O.O.[Mn].[NH4+].[OH-]. The fraction of sp³-hybridized carbons (Fsp3) is 0. The van der Waals surface area contributed by atoms with Gasteiger partial charge in [0, 0.05) is 17.1 Å². The van der Waals surface area contributed by atoms with Gasteiger partial charge in [0.2, 0.25) is 0 Å². The molecule has 0 saturated heterocycles. The maximum Gasteiger partial charge on any atom is 0 e. The maximum atomic E-state index is 0. The first-order valence-corrected chi connectivity index (χ1v) is 0.